The molecule has 5 heteroatoms. The fraction of sp³-hybridized carbons (Fsp3) is 0.286. The zero-order chi connectivity index (χ0) is 18.2. The summed E-state index contributed by atoms with van der Waals surface area (Å²) in [5.41, 5.74) is 3.06. The largest absolute Gasteiger partial charge is 0.361 e. The van der Waals surface area contributed by atoms with Crippen LogP contribution in [0.15, 0.2) is 54.7 Å². The van der Waals surface area contributed by atoms with Crippen LogP contribution in [0, 0.1) is 5.82 Å². The van der Waals surface area contributed by atoms with E-state index in [1.165, 1.54) is 17.0 Å². The fourth-order valence-electron chi connectivity index (χ4n) is 3.01. The van der Waals surface area contributed by atoms with E-state index in [2.05, 4.69) is 27.8 Å². The Balaban J connectivity index is 1.30. The van der Waals surface area contributed by atoms with Gasteiger partial charge in [-0.25, -0.2) is 4.39 Å². The summed E-state index contributed by atoms with van der Waals surface area (Å²) in [7, 11) is 0. The van der Waals surface area contributed by atoms with Crippen LogP contribution in [0.5, 0.6) is 0 Å². The molecule has 4 nitrogen and oxygen atoms in total. The number of amides is 1. The second-order valence-electron chi connectivity index (χ2n) is 6.30. The third-order valence-electron chi connectivity index (χ3n) is 4.45. The van der Waals surface area contributed by atoms with E-state index < -0.39 is 0 Å². The number of aromatic nitrogens is 1. The smallest absolute Gasteiger partial charge is 0.221 e. The zero-order valence-electron chi connectivity index (χ0n) is 14.7. The summed E-state index contributed by atoms with van der Waals surface area (Å²) in [5, 5.41) is 7.39. The molecule has 3 N–H and O–H groups in total. The lowest BCUT2D eigenvalue weighted by Crippen LogP contribution is -2.30. The minimum absolute atomic E-state index is 0.0130. The quantitative estimate of drug-likeness (QED) is 0.518. The predicted molar refractivity (Wildman–Crippen MR) is 103 cm³/mol. The molecule has 0 spiro atoms. The number of carbonyl (C=O) groups excluding carboxylic acids is 1. The van der Waals surface area contributed by atoms with Gasteiger partial charge in [0.2, 0.25) is 5.91 Å². The van der Waals surface area contributed by atoms with Gasteiger partial charge >= 0.3 is 0 Å². The number of rotatable bonds is 9. The van der Waals surface area contributed by atoms with Gasteiger partial charge in [-0.05, 0) is 42.6 Å². The maximum absolute atomic E-state index is 13.5. The number of hydrogen-bond donors (Lipinski definition) is 3. The van der Waals surface area contributed by atoms with Gasteiger partial charge in [0.15, 0.2) is 0 Å². The van der Waals surface area contributed by atoms with Crippen LogP contribution in [-0.2, 0) is 17.6 Å². The molecule has 0 atom stereocenters. The van der Waals surface area contributed by atoms with Crippen molar-refractivity contribution in [2.45, 2.75) is 19.3 Å². The van der Waals surface area contributed by atoms with Crippen LogP contribution < -0.4 is 10.6 Å². The van der Waals surface area contributed by atoms with Crippen LogP contribution in [0.2, 0.25) is 0 Å². The van der Waals surface area contributed by atoms with E-state index in [0.717, 1.165) is 18.5 Å². The molecule has 3 aromatic rings. The van der Waals surface area contributed by atoms with Gasteiger partial charge in [0.1, 0.15) is 5.82 Å². The number of carbonyl (C=O) groups is 1. The molecule has 0 saturated carbocycles. The molecular weight excluding hydrogens is 329 g/mol. The summed E-state index contributed by atoms with van der Waals surface area (Å²) in [5.74, 6) is -0.235. The summed E-state index contributed by atoms with van der Waals surface area (Å²) in [4.78, 5) is 15.1. The SMILES string of the molecule is O=C(CCNCCc1c[nH]c2ccccc12)NCCc1ccccc1F. The number of nitrogens with one attached hydrogen (secondary N) is 3. The van der Waals surface area contributed by atoms with Crippen molar-refractivity contribution in [3.05, 3.63) is 71.7 Å². The van der Waals surface area contributed by atoms with E-state index in [4.69, 9.17) is 0 Å². The van der Waals surface area contributed by atoms with Crippen LogP contribution in [0.25, 0.3) is 10.9 Å². The first-order chi connectivity index (χ1) is 12.7. The van der Waals surface area contributed by atoms with Gasteiger partial charge in [-0.2, -0.15) is 0 Å². The molecule has 0 aliphatic rings. The third-order valence-corrected chi connectivity index (χ3v) is 4.45. The van der Waals surface area contributed by atoms with Gasteiger partial charge in [-0.1, -0.05) is 36.4 Å². The van der Waals surface area contributed by atoms with Crippen molar-refractivity contribution in [2.24, 2.45) is 0 Å². The lowest BCUT2D eigenvalue weighted by molar-refractivity contribution is -0.120. The van der Waals surface area contributed by atoms with Gasteiger partial charge in [0.25, 0.3) is 0 Å². The molecule has 0 aliphatic carbocycles. The van der Waals surface area contributed by atoms with Gasteiger partial charge in [-0.3, -0.25) is 4.79 Å². The number of halogens is 1. The van der Waals surface area contributed by atoms with Gasteiger partial charge in [0.05, 0.1) is 0 Å². The Labute approximate surface area is 152 Å². The van der Waals surface area contributed by atoms with Crippen molar-refractivity contribution < 1.29 is 9.18 Å². The maximum Gasteiger partial charge on any atom is 0.221 e. The molecular formula is C21H24FN3O. The Kier molecular flexibility index (Phi) is 6.39. The molecule has 1 amide bonds. The number of aromatic amines is 1. The number of H-pyrrole nitrogens is 1. The summed E-state index contributed by atoms with van der Waals surface area (Å²) in [6, 6.07) is 14.9. The molecule has 1 aromatic heterocycles. The normalized spacial score (nSPS) is 11.0. The van der Waals surface area contributed by atoms with Crippen LogP contribution in [0.4, 0.5) is 4.39 Å². The second kappa shape index (κ2) is 9.15. The lowest BCUT2D eigenvalue weighted by Gasteiger charge is -2.07. The van der Waals surface area contributed by atoms with Crippen molar-refractivity contribution in [2.75, 3.05) is 19.6 Å². The summed E-state index contributed by atoms with van der Waals surface area (Å²) < 4.78 is 13.5. The van der Waals surface area contributed by atoms with Gasteiger partial charge < -0.3 is 15.6 Å². The van der Waals surface area contributed by atoms with Crippen molar-refractivity contribution in [3.8, 4) is 0 Å². The van der Waals surface area contributed by atoms with Crippen molar-refractivity contribution in [1.82, 2.24) is 15.6 Å². The molecule has 1 heterocycles. The number of hydrogen-bond acceptors (Lipinski definition) is 2. The average molecular weight is 353 g/mol. The van der Waals surface area contributed by atoms with E-state index in [1.54, 1.807) is 18.2 Å². The van der Waals surface area contributed by atoms with E-state index in [1.807, 2.05) is 18.3 Å². The molecule has 0 aliphatic heterocycles. The number of para-hydroxylation sites is 1. The Bertz CT molecular complexity index is 859. The highest BCUT2D eigenvalue weighted by molar-refractivity contribution is 5.83. The van der Waals surface area contributed by atoms with Crippen molar-refractivity contribution in [1.29, 1.82) is 0 Å². The Morgan fingerprint density at radius 3 is 2.58 bits per heavy atom. The molecule has 3 rings (SSSR count). The minimum atomic E-state index is -0.222. The summed E-state index contributed by atoms with van der Waals surface area (Å²) in [6.45, 7) is 1.91. The third kappa shape index (κ3) is 4.92. The van der Waals surface area contributed by atoms with Crippen LogP contribution >= 0.6 is 0 Å². The summed E-state index contributed by atoms with van der Waals surface area (Å²) >= 11 is 0. The van der Waals surface area contributed by atoms with E-state index in [-0.39, 0.29) is 11.7 Å². The van der Waals surface area contributed by atoms with Crippen LogP contribution in [-0.4, -0.2) is 30.5 Å². The first kappa shape index (κ1) is 18.1. The average Bonchev–Trinajstić information content (AvgIpc) is 3.06. The maximum atomic E-state index is 13.5. The van der Waals surface area contributed by atoms with Crippen LogP contribution in [0.3, 0.4) is 0 Å². The van der Waals surface area contributed by atoms with Crippen molar-refractivity contribution >= 4 is 16.8 Å². The first-order valence-corrected chi connectivity index (χ1v) is 9.00. The fourth-order valence-corrected chi connectivity index (χ4v) is 3.01. The highest BCUT2D eigenvalue weighted by atomic mass is 19.1. The molecule has 2 aromatic carbocycles. The lowest BCUT2D eigenvalue weighted by atomic mass is 10.1. The summed E-state index contributed by atoms with van der Waals surface area (Å²) in [6.07, 6.45) is 3.89. The topological polar surface area (TPSA) is 56.9 Å². The van der Waals surface area contributed by atoms with Crippen LogP contribution in [0.1, 0.15) is 17.5 Å². The number of benzene rings is 2. The monoisotopic (exact) mass is 353 g/mol. The molecule has 0 unspecified atom stereocenters. The Hall–Kier alpha value is -2.66. The number of fused-ring (bicyclic) bond motifs is 1. The van der Waals surface area contributed by atoms with E-state index in [0.29, 0.717) is 31.5 Å². The Morgan fingerprint density at radius 1 is 0.923 bits per heavy atom. The Morgan fingerprint density at radius 2 is 1.69 bits per heavy atom. The zero-order valence-corrected chi connectivity index (χ0v) is 14.7. The van der Waals surface area contributed by atoms with Gasteiger partial charge in [0, 0.05) is 36.6 Å². The van der Waals surface area contributed by atoms with Crippen molar-refractivity contribution in [3.63, 3.8) is 0 Å². The standard InChI is InChI=1S/C21H24FN3O/c22-19-7-3-1-5-16(19)10-14-24-21(26)11-13-23-12-9-17-15-25-20-8-4-2-6-18(17)20/h1-8,15,23,25H,9-14H2,(H,24,26). The molecule has 0 radical (unpaired) electrons. The molecule has 26 heavy (non-hydrogen) atoms. The molecule has 0 saturated heterocycles. The first-order valence-electron chi connectivity index (χ1n) is 9.00. The van der Waals surface area contributed by atoms with E-state index in [9.17, 15) is 9.18 Å². The highest BCUT2D eigenvalue weighted by Crippen LogP contribution is 2.17. The molecule has 0 fully saturated rings. The minimum Gasteiger partial charge on any atom is -0.361 e. The molecule has 136 valence electrons. The predicted octanol–water partition coefficient (Wildman–Crippen LogP) is 3.19. The highest BCUT2D eigenvalue weighted by Gasteiger charge is 2.05. The molecule has 0 bridgehead atoms. The second-order valence-corrected chi connectivity index (χ2v) is 6.30. The van der Waals surface area contributed by atoms with E-state index >= 15 is 0 Å². The van der Waals surface area contributed by atoms with Gasteiger partial charge in [-0.15, -0.1) is 0 Å².